The van der Waals surface area contributed by atoms with Gasteiger partial charge in [0.05, 0.1) is 0 Å². The number of rotatable bonds is 7. The second-order valence-corrected chi connectivity index (χ2v) is 21.8. The van der Waals surface area contributed by atoms with Crippen molar-refractivity contribution in [3.8, 4) is 0 Å². The average molecular weight is 462 g/mol. The summed E-state index contributed by atoms with van der Waals surface area (Å²) in [6, 6.07) is 6.26. The van der Waals surface area contributed by atoms with Gasteiger partial charge in [-0.3, -0.25) is 0 Å². The van der Waals surface area contributed by atoms with E-state index in [2.05, 4.69) is 106 Å². The van der Waals surface area contributed by atoms with Crippen LogP contribution in [0.15, 0.2) is 12.1 Å². The molecule has 160 valence electrons. The molecule has 1 aromatic rings. The second-order valence-electron chi connectivity index (χ2n) is 12.3. The topological polar surface area (TPSA) is 3.24 Å². The molecule has 0 aliphatic carbocycles. The summed E-state index contributed by atoms with van der Waals surface area (Å²) in [7, 11) is -1.04. The Kier molecular flexibility index (Phi) is 8.71. The molecule has 0 N–H and O–H groups in total. The molecular formula is C25H47GeNSi. The molecule has 0 amide bonds. The maximum atomic E-state index is 2.67. The summed E-state index contributed by atoms with van der Waals surface area (Å²) in [5.41, 5.74) is 5.14. The van der Waals surface area contributed by atoms with Crippen molar-refractivity contribution in [2.24, 2.45) is 0 Å². The van der Waals surface area contributed by atoms with Gasteiger partial charge in [-0.25, -0.2) is 0 Å². The Hall–Kier alpha value is -0.0603. The molecule has 0 aliphatic rings. The maximum absolute atomic E-state index is 2.67. The molecule has 0 bridgehead atoms. The predicted octanol–water partition coefficient (Wildman–Crippen LogP) is 6.53. The standard InChI is InChI=1S/C25H47GeNSi/c1-18(2)27(19(3)4)16-20-14-21(24(5,6)7)15-22(25(8,9)10)23(20)26-17-28(11,12)13/h14-15,18-19H,16-17H2,1-13H3. The number of hydrogen-bond donors (Lipinski definition) is 0. The summed E-state index contributed by atoms with van der Waals surface area (Å²) in [6.45, 7) is 32.4. The van der Waals surface area contributed by atoms with Crippen molar-refractivity contribution in [3.05, 3.63) is 28.8 Å². The van der Waals surface area contributed by atoms with Crippen LogP contribution in [0.4, 0.5) is 0 Å². The van der Waals surface area contributed by atoms with E-state index < -0.39 is 8.07 Å². The van der Waals surface area contributed by atoms with E-state index in [1.165, 1.54) is 10.4 Å². The fraction of sp³-hybridized carbons (Fsp3) is 0.760. The van der Waals surface area contributed by atoms with Gasteiger partial charge in [0.15, 0.2) is 0 Å². The Balaban J connectivity index is 3.65. The van der Waals surface area contributed by atoms with Crippen molar-refractivity contribution in [1.29, 1.82) is 0 Å². The molecule has 0 aromatic heterocycles. The number of hydrogen-bond acceptors (Lipinski definition) is 1. The predicted molar refractivity (Wildman–Crippen MR) is 133 cm³/mol. The van der Waals surface area contributed by atoms with Crippen LogP contribution in [0.5, 0.6) is 0 Å². The SMILES string of the molecule is CC(C)N(Cc1cc(C(C)(C)C)cc(C(C)(C)C)[c]1[Ge][CH2][Si](C)(C)C)C(C)C. The van der Waals surface area contributed by atoms with Crippen molar-refractivity contribution in [3.63, 3.8) is 0 Å². The van der Waals surface area contributed by atoms with Crippen molar-refractivity contribution in [1.82, 2.24) is 4.90 Å². The molecule has 1 aromatic carbocycles. The Morgan fingerprint density at radius 1 is 0.857 bits per heavy atom. The Morgan fingerprint density at radius 3 is 1.71 bits per heavy atom. The zero-order chi connectivity index (χ0) is 22.1. The van der Waals surface area contributed by atoms with Crippen LogP contribution in [0.1, 0.15) is 85.9 Å². The van der Waals surface area contributed by atoms with Crippen molar-refractivity contribution in [2.75, 3.05) is 0 Å². The van der Waals surface area contributed by atoms with Gasteiger partial charge in [-0.15, -0.1) is 0 Å². The molecule has 1 nitrogen and oxygen atoms in total. The molecule has 3 heteroatoms. The van der Waals surface area contributed by atoms with E-state index in [1.54, 1.807) is 15.5 Å². The third-order valence-electron chi connectivity index (χ3n) is 5.37. The molecule has 28 heavy (non-hydrogen) atoms. The summed E-state index contributed by atoms with van der Waals surface area (Å²) in [6.07, 6.45) is 0. The molecule has 0 saturated carbocycles. The van der Waals surface area contributed by atoms with Crippen LogP contribution in [0, 0.1) is 0 Å². The normalized spacial score (nSPS) is 13.9. The van der Waals surface area contributed by atoms with Crippen molar-refractivity contribution in [2.45, 2.75) is 123 Å². The Morgan fingerprint density at radius 2 is 1.36 bits per heavy atom. The summed E-state index contributed by atoms with van der Waals surface area (Å²) in [5.74, 6) is 0. The van der Waals surface area contributed by atoms with E-state index in [1.807, 2.05) is 0 Å². The number of nitrogens with zero attached hydrogens (tertiary/aromatic N) is 1. The first-order valence-electron chi connectivity index (χ1n) is 11.1. The molecule has 0 spiro atoms. The van der Waals surface area contributed by atoms with Gasteiger partial charge in [0, 0.05) is 0 Å². The molecule has 0 saturated heterocycles. The van der Waals surface area contributed by atoms with Gasteiger partial charge >= 0.3 is 185 Å². The summed E-state index contributed by atoms with van der Waals surface area (Å²) >= 11 is -0.120. The van der Waals surface area contributed by atoms with Gasteiger partial charge in [0.25, 0.3) is 0 Å². The minimum absolute atomic E-state index is 0.120. The quantitative estimate of drug-likeness (QED) is 0.417. The molecule has 0 aliphatic heterocycles. The number of benzene rings is 1. The molecule has 2 radical (unpaired) electrons. The first-order valence-corrected chi connectivity index (χ1v) is 17.3. The van der Waals surface area contributed by atoms with Crippen LogP contribution in [-0.4, -0.2) is 40.5 Å². The van der Waals surface area contributed by atoms with Crippen LogP contribution in [0.2, 0.25) is 24.5 Å². The van der Waals surface area contributed by atoms with Crippen LogP contribution in [0.3, 0.4) is 0 Å². The third-order valence-corrected chi connectivity index (χ3v) is 16.4. The van der Waals surface area contributed by atoms with Gasteiger partial charge in [0.2, 0.25) is 0 Å². The van der Waals surface area contributed by atoms with Crippen LogP contribution in [0.25, 0.3) is 0 Å². The third kappa shape index (κ3) is 7.64. The fourth-order valence-electron chi connectivity index (χ4n) is 3.57. The molecule has 0 fully saturated rings. The van der Waals surface area contributed by atoms with Gasteiger partial charge < -0.3 is 0 Å². The monoisotopic (exact) mass is 463 g/mol. The fourth-order valence-corrected chi connectivity index (χ4v) is 10.9. The summed E-state index contributed by atoms with van der Waals surface area (Å²) in [4.78, 5) is 4.15. The van der Waals surface area contributed by atoms with E-state index in [0.717, 1.165) is 6.54 Å². The zero-order valence-electron chi connectivity index (χ0n) is 21.2. The van der Waals surface area contributed by atoms with Crippen molar-refractivity contribution >= 4 is 27.9 Å². The van der Waals surface area contributed by atoms with Gasteiger partial charge in [-0.1, -0.05) is 0 Å². The van der Waals surface area contributed by atoms with E-state index in [4.69, 9.17) is 0 Å². The van der Waals surface area contributed by atoms with E-state index >= 15 is 0 Å². The molecular weight excluding hydrogens is 415 g/mol. The molecule has 0 unspecified atom stereocenters. The summed E-state index contributed by atoms with van der Waals surface area (Å²) < 4.78 is 1.76. The van der Waals surface area contributed by atoms with E-state index in [-0.39, 0.29) is 26.3 Å². The van der Waals surface area contributed by atoms with Gasteiger partial charge in [-0.2, -0.15) is 0 Å². The Labute approximate surface area is 184 Å². The van der Waals surface area contributed by atoms with E-state index in [0.29, 0.717) is 12.1 Å². The van der Waals surface area contributed by atoms with Crippen LogP contribution < -0.4 is 4.40 Å². The van der Waals surface area contributed by atoms with Crippen LogP contribution >= 0.6 is 0 Å². The van der Waals surface area contributed by atoms with Crippen LogP contribution in [-0.2, 0) is 17.4 Å². The first kappa shape index (κ1) is 26.0. The first-order chi connectivity index (χ1) is 12.4. The van der Waals surface area contributed by atoms with E-state index in [9.17, 15) is 0 Å². The second kappa shape index (κ2) is 9.39. The average Bonchev–Trinajstić information content (AvgIpc) is 2.46. The molecule has 0 atom stereocenters. The van der Waals surface area contributed by atoms with Gasteiger partial charge in [-0.05, 0) is 0 Å². The molecule has 1 rings (SSSR count). The zero-order valence-corrected chi connectivity index (χ0v) is 24.3. The minimum atomic E-state index is -1.04. The van der Waals surface area contributed by atoms with Gasteiger partial charge in [0.1, 0.15) is 0 Å². The molecule has 0 heterocycles. The summed E-state index contributed by atoms with van der Waals surface area (Å²) in [5, 5.41) is 0. The van der Waals surface area contributed by atoms with Crippen molar-refractivity contribution < 1.29 is 0 Å². The Bertz CT molecular complexity index is 634.